The Balaban J connectivity index is 1.58. The van der Waals surface area contributed by atoms with E-state index in [-0.39, 0.29) is 29.5 Å². The summed E-state index contributed by atoms with van der Waals surface area (Å²) < 4.78 is 5.66. The number of ether oxygens (including phenoxy) is 1. The molecular weight excluding hydrogens is 316 g/mol. The van der Waals surface area contributed by atoms with Gasteiger partial charge in [0.15, 0.2) is 0 Å². The van der Waals surface area contributed by atoms with Crippen LogP contribution >= 0.6 is 0 Å². The number of carbonyl (C=O) groups is 1. The second kappa shape index (κ2) is 7.18. The molecular formula is C21H24O4. The number of phenols is 2. The minimum Gasteiger partial charge on any atom is -0.508 e. The molecule has 132 valence electrons. The normalized spacial score (nSPS) is 20.2. The van der Waals surface area contributed by atoms with E-state index in [0.29, 0.717) is 5.56 Å². The van der Waals surface area contributed by atoms with Crippen molar-refractivity contribution in [3.8, 4) is 11.5 Å². The van der Waals surface area contributed by atoms with Crippen molar-refractivity contribution in [2.24, 2.45) is 0 Å². The monoisotopic (exact) mass is 340 g/mol. The molecule has 0 aliphatic heterocycles. The highest BCUT2D eigenvalue weighted by Crippen LogP contribution is 2.39. The van der Waals surface area contributed by atoms with E-state index in [1.165, 1.54) is 6.07 Å². The van der Waals surface area contributed by atoms with Crippen LogP contribution in [0.1, 0.15) is 58.6 Å². The van der Waals surface area contributed by atoms with Crippen LogP contribution < -0.4 is 0 Å². The van der Waals surface area contributed by atoms with Crippen LogP contribution in [-0.4, -0.2) is 22.3 Å². The van der Waals surface area contributed by atoms with Crippen molar-refractivity contribution in [3.05, 3.63) is 58.7 Å². The van der Waals surface area contributed by atoms with Crippen molar-refractivity contribution in [2.45, 2.75) is 51.6 Å². The van der Waals surface area contributed by atoms with Gasteiger partial charge in [-0.05, 0) is 80.3 Å². The third-order valence-corrected chi connectivity index (χ3v) is 5.14. The highest BCUT2D eigenvalue weighted by Gasteiger charge is 2.26. The van der Waals surface area contributed by atoms with E-state index >= 15 is 0 Å². The molecule has 0 atom stereocenters. The second-order valence-electron chi connectivity index (χ2n) is 6.92. The lowest BCUT2D eigenvalue weighted by atomic mass is 9.82. The summed E-state index contributed by atoms with van der Waals surface area (Å²) in [6.07, 6.45) is 3.18. The highest BCUT2D eigenvalue weighted by molar-refractivity contribution is 5.89. The molecule has 0 bridgehead atoms. The van der Waals surface area contributed by atoms with Gasteiger partial charge in [0.1, 0.15) is 17.6 Å². The zero-order chi connectivity index (χ0) is 18.0. The number of aromatic hydroxyl groups is 2. The van der Waals surface area contributed by atoms with Gasteiger partial charge in [-0.1, -0.05) is 12.1 Å². The molecule has 0 aromatic heterocycles. The Bertz CT molecular complexity index is 773. The molecule has 0 unspecified atom stereocenters. The molecule has 0 spiro atoms. The third kappa shape index (κ3) is 3.95. The average molecular weight is 340 g/mol. The predicted molar refractivity (Wildman–Crippen MR) is 96.1 cm³/mol. The van der Waals surface area contributed by atoms with Crippen molar-refractivity contribution >= 4 is 5.97 Å². The van der Waals surface area contributed by atoms with Gasteiger partial charge in [0.2, 0.25) is 0 Å². The van der Waals surface area contributed by atoms with E-state index < -0.39 is 0 Å². The van der Waals surface area contributed by atoms with Crippen molar-refractivity contribution in [1.82, 2.24) is 0 Å². The number of hydrogen-bond donors (Lipinski definition) is 2. The van der Waals surface area contributed by atoms with E-state index in [2.05, 4.69) is 0 Å². The summed E-state index contributed by atoms with van der Waals surface area (Å²) in [5.41, 5.74) is 3.70. The highest BCUT2D eigenvalue weighted by atomic mass is 16.5. The Hall–Kier alpha value is -2.49. The van der Waals surface area contributed by atoms with Gasteiger partial charge in [-0.15, -0.1) is 0 Å². The van der Waals surface area contributed by atoms with Crippen LogP contribution in [-0.2, 0) is 4.74 Å². The first kappa shape index (κ1) is 17.3. The van der Waals surface area contributed by atoms with E-state index in [1.54, 1.807) is 12.1 Å². The molecule has 4 nitrogen and oxygen atoms in total. The second-order valence-corrected chi connectivity index (χ2v) is 6.92. The summed E-state index contributed by atoms with van der Waals surface area (Å²) in [4.78, 5) is 12.3. The quantitative estimate of drug-likeness (QED) is 0.802. The topological polar surface area (TPSA) is 66.8 Å². The minimum absolute atomic E-state index is 0.0669. The van der Waals surface area contributed by atoms with E-state index in [9.17, 15) is 15.0 Å². The summed E-state index contributed by atoms with van der Waals surface area (Å²) in [5, 5.41) is 19.4. The van der Waals surface area contributed by atoms with Crippen LogP contribution in [0.2, 0.25) is 0 Å². The molecule has 0 radical (unpaired) electrons. The van der Waals surface area contributed by atoms with Gasteiger partial charge in [-0.25, -0.2) is 4.79 Å². The van der Waals surface area contributed by atoms with Crippen LogP contribution in [0, 0.1) is 13.8 Å². The largest absolute Gasteiger partial charge is 0.508 e. The van der Waals surface area contributed by atoms with Gasteiger partial charge >= 0.3 is 5.97 Å². The maximum atomic E-state index is 12.3. The van der Waals surface area contributed by atoms with E-state index in [1.807, 2.05) is 32.0 Å². The van der Waals surface area contributed by atoms with Crippen LogP contribution in [0.15, 0.2) is 36.4 Å². The summed E-state index contributed by atoms with van der Waals surface area (Å²) in [6.45, 7) is 4.01. The summed E-state index contributed by atoms with van der Waals surface area (Å²) in [5.74, 6) is 0.170. The first-order valence-corrected chi connectivity index (χ1v) is 8.74. The first-order valence-electron chi connectivity index (χ1n) is 8.74. The SMILES string of the molecule is Cc1ccc(C(=O)OC2CCC(c3ccc(O)cc3O)CC2)cc1C. The lowest BCUT2D eigenvalue weighted by molar-refractivity contribution is 0.0194. The van der Waals surface area contributed by atoms with Crippen molar-refractivity contribution in [3.63, 3.8) is 0 Å². The first-order chi connectivity index (χ1) is 11.9. The summed E-state index contributed by atoms with van der Waals surface area (Å²) in [6, 6.07) is 10.4. The fourth-order valence-electron chi connectivity index (χ4n) is 3.46. The van der Waals surface area contributed by atoms with Crippen molar-refractivity contribution < 1.29 is 19.7 Å². The van der Waals surface area contributed by atoms with Gasteiger partial charge in [0.05, 0.1) is 5.56 Å². The Morgan fingerprint density at radius 3 is 2.32 bits per heavy atom. The zero-order valence-corrected chi connectivity index (χ0v) is 14.7. The molecule has 1 aliphatic carbocycles. The van der Waals surface area contributed by atoms with Crippen LogP contribution in [0.25, 0.3) is 0 Å². The Labute approximate surface area is 148 Å². The molecule has 0 amide bonds. The number of hydrogen-bond acceptors (Lipinski definition) is 4. The van der Waals surface area contributed by atoms with Gasteiger partial charge in [0.25, 0.3) is 0 Å². The van der Waals surface area contributed by atoms with Crippen LogP contribution in [0.4, 0.5) is 0 Å². The van der Waals surface area contributed by atoms with Gasteiger partial charge in [-0.2, -0.15) is 0 Å². The van der Waals surface area contributed by atoms with Crippen LogP contribution in [0.3, 0.4) is 0 Å². The molecule has 3 rings (SSSR count). The van der Waals surface area contributed by atoms with Crippen molar-refractivity contribution in [1.29, 1.82) is 0 Å². The average Bonchev–Trinajstić information content (AvgIpc) is 2.58. The molecule has 25 heavy (non-hydrogen) atoms. The number of carbonyl (C=O) groups excluding carboxylic acids is 1. The molecule has 2 N–H and O–H groups in total. The Kier molecular flexibility index (Phi) is 4.98. The van der Waals surface area contributed by atoms with E-state index in [4.69, 9.17) is 4.74 Å². The Morgan fingerprint density at radius 2 is 1.68 bits per heavy atom. The third-order valence-electron chi connectivity index (χ3n) is 5.14. The smallest absolute Gasteiger partial charge is 0.338 e. The van der Waals surface area contributed by atoms with Crippen LogP contribution in [0.5, 0.6) is 11.5 Å². The molecule has 0 heterocycles. The minimum atomic E-state index is -0.265. The molecule has 2 aromatic rings. The van der Waals surface area contributed by atoms with Crippen molar-refractivity contribution in [2.75, 3.05) is 0 Å². The zero-order valence-electron chi connectivity index (χ0n) is 14.7. The fourth-order valence-corrected chi connectivity index (χ4v) is 3.46. The standard InChI is InChI=1S/C21H24O4/c1-13-3-4-16(11-14(13)2)21(24)25-18-8-5-15(6-9-18)19-10-7-17(22)12-20(19)23/h3-4,7,10-12,15,18,22-23H,5-6,8-9H2,1-2H3. The number of rotatable bonds is 3. The predicted octanol–water partition coefficient (Wildman–Crippen LogP) is 4.60. The molecule has 0 saturated heterocycles. The molecule has 4 heteroatoms. The molecule has 2 aromatic carbocycles. The lowest BCUT2D eigenvalue weighted by Crippen LogP contribution is -2.24. The summed E-state index contributed by atoms with van der Waals surface area (Å²) in [7, 11) is 0. The number of phenolic OH excluding ortho intramolecular Hbond substituents is 2. The molecule has 1 saturated carbocycles. The maximum absolute atomic E-state index is 12.3. The fraction of sp³-hybridized carbons (Fsp3) is 0.381. The van der Waals surface area contributed by atoms with Gasteiger partial charge in [0, 0.05) is 6.07 Å². The maximum Gasteiger partial charge on any atom is 0.338 e. The number of benzene rings is 2. The molecule has 1 fully saturated rings. The van der Waals surface area contributed by atoms with Gasteiger partial charge in [-0.3, -0.25) is 0 Å². The van der Waals surface area contributed by atoms with E-state index in [0.717, 1.165) is 42.4 Å². The summed E-state index contributed by atoms with van der Waals surface area (Å²) >= 11 is 0. The number of esters is 1. The Morgan fingerprint density at radius 1 is 0.960 bits per heavy atom. The number of aryl methyl sites for hydroxylation is 2. The lowest BCUT2D eigenvalue weighted by Gasteiger charge is -2.29. The molecule has 1 aliphatic rings. The van der Waals surface area contributed by atoms with Gasteiger partial charge < -0.3 is 14.9 Å².